The number of hydrogen-bond donors (Lipinski definition) is 1. The number of pyridine rings is 1. The van der Waals surface area contributed by atoms with Gasteiger partial charge in [-0.15, -0.1) is 0 Å². The molecule has 1 radical (unpaired) electrons. The van der Waals surface area contributed by atoms with Crippen LogP contribution >= 0.6 is 0 Å². The number of anilines is 1. The molecule has 5 rings (SSSR count). The Balaban J connectivity index is 1.28. The Labute approximate surface area is 236 Å². The molecule has 9 heteroatoms. The first kappa shape index (κ1) is 27.7. The van der Waals surface area contributed by atoms with Crippen LogP contribution < -0.4 is 14.9 Å². The first-order valence-electron chi connectivity index (χ1n) is 13.6. The van der Waals surface area contributed by atoms with Gasteiger partial charge in [0, 0.05) is 49.0 Å². The number of nitrogens with zero attached hydrogens (tertiary/aromatic N) is 3. The van der Waals surface area contributed by atoms with Gasteiger partial charge in [-0.3, -0.25) is 14.5 Å². The van der Waals surface area contributed by atoms with Gasteiger partial charge in [0.2, 0.25) is 5.91 Å². The van der Waals surface area contributed by atoms with Gasteiger partial charge in [-0.25, -0.2) is 9.37 Å². The Hall–Kier alpha value is -3.82. The van der Waals surface area contributed by atoms with Crippen molar-refractivity contribution in [3.05, 3.63) is 96.0 Å². The highest BCUT2D eigenvalue weighted by atomic mass is 28.3. The van der Waals surface area contributed by atoms with Gasteiger partial charge in [0.05, 0.1) is 0 Å². The molecule has 2 amide bonds. The van der Waals surface area contributed by atoms with Crippen LogP contribution in [0.3, 0.4) is 0 Å². The molecule has 0 unspecified atom stereocenters. The summed E-state index contributed by atoms with van der Waals surface area (Å²) in [5.74, 6) is 1.11. The van der Waals surface area contributed by atoms with Gasteiger partial charge < -0.3 is 14.6 Å². The third-order valence-electron chi connectivity index (χ3n) is 7.40. The SMILES string of the molecule is C=CC(=O)N1CCN(C[Si](Oc2ccc(C(=O)Nc3cccc(C4CC4)n3)cc2)c2ccc(C)c(F)c2)C[C@H]1C. The highest BCUT2D eigenvalue weighted by Gasteiger charge is 2.30. The third kappa shape index (κ3) is 6.66. The first-order valence-corrected chi connectivity index (χ1v) is 15.3. The molecule has 1 aliphatic carbocycles. The number of amides is 2. The second-order valence-electron chi connectivity index (χ2n) is 10.5. The smallest absolute Gasteiger partial charge is 0.331 e. The zero-order valence-electron chi connectivity index (χ0n) is 22.9. The summed E-state index contributed by atoms with van der Waals surface area (Å²) in [4.78, 5) is 33.7. The molecule has 1 saturated carbocycles. The Morgan fingerprint density at radius 3 is 2.60 bits per heavy atom. The van der Waals surface area contributed by atoms with Crippen LogP contribution in [0.25, 0.3) is 0 Å². The zero-order chi connectivity index (χ0) is 28.2. The summed E-state index contributed by atoms with van der Waals surface area (Å²) in [5, 5.41) is 3.71. The minimum atomic E-state index is -1.71. The van der Waals surface area contributed by atoms with E-state index in [4.69, 9.17) is 4.43 Å². The third-order valence-corrected chi connectivity index (χ3v) is 9.57. The van der Waals surface area contributed by atoms with Crippen LogP contribution in [0.15, 0.2) is 73.3 Å². The molecule has 0 spiro atoms. The van der Waals surface area contributed by atoms with Crippen LogP contribution in [0.2, 0.25) is 0 Å². The molecule has 2 aromatic carbocycles. The number of hydrogen-bond acceptors (Lipinski definition) is 5. The van der Waals surface area contributed by atoms with Gasteiger partial charge in [-0.1, -0.05) is 24.8 Å². The fraction of sp³-hybridized carbons (Fsp3) is 0.323. The Bertz CT molecular complexity index is 1400. The topological polar surface area (TPSA) is 74.8 Å². The van der Waals surface area contributed by atoms with Crippen LogP contribution in [0, 0.1) is 12.7 Å². The number of rotatable bonds is 9. The quantitative estimate of drug-likeness (QED) is 0.316. The van der Waals surface area contributed by atoms with Crippen molar-refractivity contribution < 1.29 is 18.4 Å². The van der Waals surface area contributed by atoms with E-state index in [1.807, 2.05) is 30.0 Å². The second-order valence-corrected chi connectivity index (χ2v) is 12.5. The maximum Gasteiger partial charge on any atom is 0.331 e. The molecule has 2 heterocycles. The standard InChI is InChI=1S/C31H34FN4O3Si/c1-4-30(37)36-17-16-35(19-22(36)3)20-40(26-15-8-21(2)27(32)18-26)39-25-13-11-24(12-14-25)31(38)34-29-7-5-6-28(33-29)23-9-10-23/h4-8,11-15,18,22-23H,1,9-10,16-17,19-20H2,2-3H3,(H,33,34,38)/t22-/m1/s1. The lowest BCUT2D eigenvalue weighted by Gasteiger charge is -2.40. The van der Waals surface area contributed by atoms with E-state index >= 15 is 0 Å². The molecule has 3 aromatic rings. The second kappa shape index (κ2) is 12.1. The van der Waals surface area contributed by atoms with E-state index in [1.165, 1.54) is 6.08 Å². The molecule has 2 aliphatic rings. The molecule has 40 heavy (non-hydrogen) atoms. The highest BCUT2D eigenvalue weighted by Crippen LogP contribution is 2.39. The summed E-state index contributed by atoms with van der Waals surface area (Å²) in [6.45, 7) is 9.37. The van der Waals surface area contributed by atoms with Gasteiger partial charge in [0.15, 0.2) is 0 Å². The van der Waals surface area contributed by atoms with Gasteiger partial charge >= 0.3 is 9.04 Å². The van der Waals surface area contributed by atoms with Crippen LogP contribution in [0.5, 0.6) is 5.75 Å². The Morgan fingerprint density at radius 2 is 1.93 bits per heavy atom. The first-order chi connectivity index (χ1) is 19.3. The van der Waals surface area contributed by atoms with Crippen LogP contribution in [0.1, 0.15) is 47.3 Å². The monoisotopic (exact) mass is 557 g/mol. The molecule has 2 fully saturated rings. The Morgan fingerprint density at radius 1 is 1.15 bits per heavy atom. The largest absolute Gasteiger partial charge is 0.536 e. The molecule has 1 aliphatic heterocycles. The number of carbonyl (C=O) groups is 2. The number of piperazine rings is 1. The van der Waals surface area contributed by atoms with E-state index in [1.54, 1.807) is 49.4 Å². The van der Waals surface area contributed by atoms with E-state index in [0.29, 0.717) is 54.4 Å². The zero-order valence-corrected chi connectivity index (χ0v) is 23.9. The summed E-state index contributed by atoms with van der Waals surface area (Å²) in [5.41, 5.74) is 2.10. The summed E-state index contributed by atoms with van der Waals surface area (Å²) < 4.78 is 21.0. The van der Waals surface area contributed by atoms with E-state index < -0.39 is 9.04 Å². The fourth-order valence-corrected chi connectivity index (χ4v) is 6.94. The number of aromatic nitrogens is 1. The molecular formula is C31H34FN4O3Si. The van der Waals surface area contributed by atoms with Crippen molar-refractivity contribution in [2.75, 3.05) is 31.1 Å². The summed E-state index contributed by atoms with van der Waals surface area (Å²) in [6.07, 6.45) is 4.27. The lowest BCUT2D eigenvalue weighted by Crippen LogP contribution is -2.57. The van der Waals surface area contributed by atoms with Gasteiger partial charge in [0.1, 0.15) is 17.4 Å². The number of halogens is 1. The number of benzene rings is 2. The number of nitrogens with one attached hydrogen (secondary N) is 1. The number of aryl methyl sites for hydroxylation is 1. The average molecular weight is 558 g/mol. The molecule has 1 saturated heterocycles. The normalized spacial score (nSPS) is 17.5. The van der Waals surface area contributed by atoms with Crippen molar-refractivity contribution >= 4 is 31.9 Å². The van der Waals surface area contributed by atoms with E-state index in [0.717, 1.165) is 23.7 Å². The summed E-state index contributed by atoms with van der Waals surface area (Å²) >= 11 is 0. The van der Waals surface area contributed by atoms with Crippen molar-refractivity contribution in [3.8, 4) is 5.75 Å². The molecular weight excluding hydrogens is 523 g/mol. The van der Waals surface area contributed by atoms with E-state index in [2.05, 4.69) is 21.8 Å². The lowest BCUT2D eigenvalue weighted by molar-refractivity contribution is -0.130. The van der Waals surface area contributed by atoms with Crippen LogP contribution in [-0.4, -0.2) is 67.5 Å². The molecule has 1 atom stereocenters. The minimum Gasteiger partial charge on any atom is -0.536 e. The molecule has 1 N–H and O–H groups in total. The highest BCUT2D eigenvalue weighted by molar-refractivity contribution is 6.68. The minimum absolute atomic E-state index is 0.0366. The van der Waals surface area contributed by atoms with E-state index in [9.17, 15) is 14.0 Å². The van der Waals surface area contributed by atoms with Gasteiger partial charge in [-0.2, -0.15) is 0 Å². The van der Waals surface area contributed by atoms with Crippen LogP contribution in [-0.2, 0) is 4.79 Å². The molecule has 7 nitrogen and oxygen atoms in total. The molecule has 0 bridgehead atoms. The summed E-state index contributed by atoms with van der Waals surface area (Å²) in [6, 6.07) is 18.0. The summed E-state index contributed by atoms with van der Waals surface area (Å²) in [7, 11) is -1.71. The van der Waals surface area contributed by atoms with Crippen molar-refractivity contribution in [2.45, 2.75) is 38.6 Å². The lowest BCUT2D eigenvalue weighted by atomic mass is 10.2. The van der Waals surface area contributed by atoms with Crippen molar-refractivity contribution in [1.29, 1.82) is 0 Å². The van der Waals surface area contributed by atoms with Crippen LogP contribution in [0.4, 0.5) is 10.2 Å². The van der Waals surface area contributed by atoms with Crippen molar-refractivity contribution in [3.63, 3.8) is 0 Å². The van der Waals surface area contributed by atoms with Crippen molar-refractivity contribution in [1.82, 2.24) is 14.8 Å². The van der Waals surface area contributed by atoms with E-state index in [-0.39, 0.29) is 23.7 Å². The van der Waals surface area contributed by atoms with Crippen molar-refractivity contribution in [2.24, 2.45) is 0 Å². The maximum atomic E-state index is 14.5. The molecule has 207 valence electrons. The molecule has 1 aromatic heterocycles. The maximum absolute atomic E-state index is 14.5. The Kier molecular flexibility index (Phi) is 8.42. The fourth-order valence-electron chi connectivity index (χ4n) is 4.91. The predicted octanol–water partition coefficient (Wildman–Crippen LogP) is 4.19. The van der Waals surface area contributed by atoms with Gasteiger partial charge in [-0.05, 0) is 86.0 Å². The predicted molar refractivity (Wildman–Crippen MR) is 156 cm³/mol. The van der Waals surface area contributed by atoms with Gasteiger partial charge in [0.25, 0.3) is 5.91 Å². The average Bonchev–Trinajstić information content (AvgIpc) is 3.80. The number of carbonyl (C=O) groups excluding carboxylic acids is 2.